The zero-order valence-electron chi connectivity index (χ0n) is 25.0. The highest BCUT2D eigenvalue weighted by molar-refractivity contribution is 5.61. The average Bonchev–Trinajstić information content (AvgIpc) is 3.53. The molecule has 3 heterocycles. The van der Waals surface area contributed by atoms with Crippen molar-refractivity contribution < 1.29 is 14.2 Å². The number of rotatable bonds is 12. The SMILES string of the molecule is COCCCN1CCOc2ccc(COC3CNCCC3c3ccc(CN[C@H]4CCN(c5ccccc5)C4)cc3)cc21. The second-order valence-corrected chi connectivity index (χ2v) is 11.8. The van der Waals surface area contributed by atoms with Crippen molar-refractivity contribution in [2.24, 2.45) is 0 Å². The summed E-state index contributed by atoms with van der Waals surface area (Å²) in [6.45, 7) is 8.99. The molecule has 2 N–H and O–H groups in total. The highest BCUT2D eigenvalue weighted by Crippen LogP contribution is 2.34. The maximum atomic E-state index is 6.59. The average molecular weight is 571 g/mol. The Bertz CT molecular complexity index is 1250. The second kappa shape index (κ2) is 14.4. The summed E-state index contributed by atoms with van der Waals surface area (Å²) in [6.07, 6.45) is 3.43. The van der Waals surface area contributed by atoms with Gasteiger partial charge in [-0.1, -0.05) is 48.5 Å². The van der Waals surface area contributed by atoms with Gasteiger partial charge < -0.3 is 34.6 Å². The van der Waals surface area contributed by atoms with Crippen LogP contribution in [-0.4, -0.2) is 71.7 Å². The summed E-state index contributed by atoms with van der Waals surface area (Å²) in [7, 11) is 1.76. The van der Waals surface area contributed by atoms with E-state index in [-0.39, 0.29) is 6.10 Å². The van der Waals surface area contributed by atoms with Crippen LogP contribution in [0.1, 0.15) is 41.9 Å². The maximum Gasteiger partial charge on any atom is 0.142 e. The number of nitrogens with zero attached hydrogens (tertiary/aromatic N) is 2. The number of methoxy groups -OCH3 is 1. The van der Waals surface area contributed by atoms with Crippen LogP contribution < -0.4 is 25.2 Å². The Morgan fingerprint density at radius 1 is 0.976 bits per heavy atom. The van der Waals surface area contributed by atoms with Crippen molar-refractivity contribution in [3.05, 3.63) is 89.5 Å². The number of benzene rings is 3. The summed E-state index contributed by atoms with van der Waals surface area (Å²) in [5, 5.41) is 7.34. The third kappa shape index (κ3) is 7.27. The van der Waals surface area contributed by atoms with Gasteiger partial charge in [-0.15, -0.1) is 0 Å². The molecule has 0 aromatic heterocycles. The topological polar surface area (TPSA) is 58.2 Å². The Morgan fingerprint density at radius 2 is 1.83 bits per heavy atom. The fraction of sp³-hybridized carbons (Fsp3) is 0.486. The van der Waals surface area contributed by atoms with E-state index in [1.807, 2.05) is 0 Å². The molecular weight excluding hydrogens is 524 g/mol. The summed E-state index contributed by atoms with van der Waals surface area (Å²) in [6, 6.07) is 27.0. The summed E-state index contributed by atoms with van der Waals surface area (Å²) in [5.41, 5.74) is 6.41. The summed E-state index contributed by atoms with van der Waals surface area (Å²) < 4.78 is 17.8. The van der Waals surface area contributed by atoms with Crippen LogP contribution in [0.15, 0.2) is 72.8 Å². The van der Waals surface area contributed by atoms with Gasteiger partial charge in [0.15, 0.2) is 0 Å². The van der Waals surface area contributed by atoms with Crippen LogP contribution in [0, 0.1) is 0 Å². The molecule has 7 heteroatoms. The lowest BCUT2D eigenvalue weighted by molar-refractivity contribution is 0.0106. The van der Waals surface area contributed by atoms with Gasteiger partial charge in [0.05, 0.1) is 24.9 Å². The fourth-order valence-electron chi connectivity index (χ4n) is 6.57. The van der Waals surface area contributed by atoms with Crippen LogP contribution in [-0.2, 0) is 22.6 Å². The monoisotopic (exact) mass is 570 g/mol. The number of hydrogen-bond donors (Lipinski definition) is 2. The van der Waals surface area contributed by atoms with Crippen molar-refractivity contribution in [2.45, 2.75) is 50.5 Å². The molecule has 42 heavy (non-hydrogen) atoms. The quantitative estimate of drug-likeness (QED) is 0.299. The van der Waals surface area contributed by atoms with Gasteiger partial charge in [0.1, 0.15) is 12.4 Å². The normalized spacial score (nSPS) is 22.2. The minimum absolute atomic E-state index is 0.148. The molecule has 0 bridgehead atoms. The van der Waals surface area contributed by atoms with Crippen molar-refractivity contribution >= 4 is 11.4 Å². The largest absolute Gasteiger partial charge is 0.490 e. The van der Waals surface area contributed by atoms with Crippen molar-refractivity contribution in [2.75, 3.05) is 69.4 Å². The molecule has 3 aromatic carbocycles. The van der Waals surface area contributed by atoms with Gasteiger partial charge in [0.2, 0.25) is 0 Å². The van der Waals surface area contributed by atoms with Crippen LogP contribution >= 0.6 is 0 Å². The third-order valence-corrected chi connectivity index (χ3v) is 8.96. The van der Waals surface area contributed by atoms with Gasteiger partial charge in [-0.3, -0.25) is 0 Å². The summed E-state index contributed by atoms with van der Waals surface area (Å²) in [5.74, 6) is 1.37. The van der Waals surface area contributed by atoms with E-state index in [0.29, 0.717) is 18.6 Å². The number of ether oxygens (including phenoxy) is 3. The molecule has 2 saturated heterocycles. The van der Waals surface area contributed by atoms with Gasteiger partial charge in [-0.25, -0.2) is 0 Å². The first-order chi connectivity index (χ1) is 20.8. The van der Waals surface area contributed by atoms with Crippen LogP contribution in [0.2, 0.25) is 0 Å². The van der Waals surface area contributed by atoms with Crippen LogP contribution in [0.5, 0.6) is 5.75 Å². The van der Waals surface area contributed by atoms with E-state index in [1.54, 1.807) is 7.11 Å². The van der Waals surface area contributed by atoms with E-state index in [4.69, 9.17) is 14.2 Å². The van der Waals surface area contributed by atoms with Gasteiger partial charge >= 0.3 is 0 Å². The zero-order valence-corrected chi connectivity index (χ0v) is 25.0. The Labute approximate surface area is 251 Å². The number of piperidine rings is 1. The second-order valence-electron chi connectivity index (χ2n) is 11.8. The van der Waals surface area contributed by atoms with Crippen LogP contribution in [0.3, 0.4) is 0 Å². The number of anilines is 2. The molecule has 2 fully saturated rings. The van der Waals surface area contributed by atoms with E-state index < -0.39 is 0 Å². The van der Waals surface area contributed by atoms with Gasteiger partial charge in [0.25, 0.3) is 0 Å². The zero-order chi connectivity index (χ0) is 28.6. The predicted octanol–water partition coefficient (Wildman–Crippen LogP) is 4.95. The van der Waals surface area contributed by atoms with Gasteiger partial charge in [-0.2, -0.15) is 0 Å². The first-order valence-electron chi connectivity index (χ1n) is 15.7. The smallest absolute Gasteiger partial charge is 0.142 e. The molecule has 3 aliphatic heterocycles. The molecule has 0 radical (unpaired) electrons. The number of nitrogens with one attached hydrogen (secondary N) is 2. The molecule has 0 saturated carbocycles. The molecular formula is C35H46N4O3. The molecule has 6 rings (SSSR count). The first-order valence-corrected chi connectivity index (χ1v) is 15.7. The van der Waals surface area contributed by atoms with E-state index in [1.165, 1.54) is 34.5 Å². The highest BCUT2D eigenvalue weighted by atomic mass is 16.5. The van der Waals surface area contributed by atoms with Crippen molar-refractivity contribution in [3.8, 4) is 5.75 Å². The number of para-hydroxylation sites is 1. The van der Waals surface area contributed by atoms with Gasteiger partial charge in [-0.05, 0) is 66.8 Å². The van der Waals surface area contributed by atoms with E-state index in [2.05, 4.69) is 93.2 Å². The number of fused-ring (bicyclic) bond motifs is 1. The summed E-state index contributed by atoms with van der Waals surface area (Å²) >= 11 is 0. The summed E-state index contributed by atoms with van der Waals surface area (Å²) in [4.78, 5) is 4.89. The van der Waals surface area contributed by atoms with E-state index in [0.717, 1.165) is 77.6 Å². The Morgan fingerprint density at radius 3 is 2.69 bits per heavy atom. The molecule has 3 aromatic rings. The molecule has 0 aliphatic carbocycles. The lowest BCUT2D eigenvalue weighted by Gasteiger charge is -2.33. The fourth-order valence-corrected chi connectivity index (χ4v) is 6.57. The standard InChI is InChI=1S/C35H46N4O3/c1-40-20-5-17-38-19-21-41-34-13-10-28(22-33(34)38)26-42-35-24-36-16-14-32(35)29-11-8-27(9-12-29)23-37-30-15-18-39(25-30)31-6-3-2-4-7-31/h2-4,6-13,22,30,32,35-37H,5,14-21,23-26H2,1H3/t30-,32?,35?/m0/s1. The highest BCUT2D eigenvalue weighted by Gasteiger charge is 2.28. The van der Waals surface area contributed by atoms with Crippen molar-refractivity contribution in [1.29, 1.82) is 0 Å². The predicted molar refractivity (Wildman–Crippen MR) is 170 cm³/mol. The molecule has 3 atom stereocenters. The number of hydrogen-bond acceptors (Lipinski definition) is 7. The maximum absolute atomic E-state index is 6.59. The lowest BCUT2D eigenvalue weighted by Crippen LogP contribution is -2.41. The Kier molecular flexibility index (Phi) is 9.93. The minimum Gasteiger partial charge on any atom is -0.490 e. The van der Waals surface area contributed by atoms with Crippen LogP contribution in [0.4, 0.5) is 11.4 Å². The lowest BCUT2D eigenvalue weighted by atomic mass is 9.87. The van der Waals surface area contributed by atoms with Crippen molar-refractivity contribution in [1.82, 2.24) is 10.6 Å². The Balaban J connectivity index is 1.02. The third-order valence-electron chi connectivity index (χ3n) is 8.96. The minimum atomic E-state index is 0.148. The Hall–Kier alpha value is -3.10. The van der Waals surface area contributed by atoms with Crippen LogP contribution in [0.25, 0.3) is 0 Å². The molecule has 0 spiro atoms. The molecule has 3 aliphatic rings. The molecule has 2 unspecified atom stereocenters. The molecule has 224 valence electrons. The van der Waals surface area contributed by atoms with Gasteiger partial charge in [0, 0.05) is 64.1 Å². The molecule has 7 nitrogen and oxygen atoms in total. The first kappa shape index (κ1) is 29.0. The molecule has 0 amide bonds. The van der Waals surface area contributed by atoms with E-state index in [9.17, 15) is 0 Å². The van der Waals surface area contributed by atoms with E-state index >= 15 is 0 Å². The van der Waals surface area contributed by atoms with Crippen molar-refractivity contribution in [3.63, 3.8) is 0 Å².